The van der Waals surface area contributed by atoms with Crippen molar-refractivity contribution in [1.82, 2.24) is 10.1 Å². The van der Waals surface area contributed by atoms with Gasteiger partial charge in [-0.2, -0.15) is 4.98 Å². The summed E-state index contributed by atoms with van der Waals surface area (Å²) in [5.41, 5.74) is 0. The Labute approximate surface area is 107 Å². The van der Waals surface area contributed by atoms with Crippen LogP contribution in [-0.4, -0.2) is 10.1 Å². The summed E-state index contributed by atoms with van der Waals surface area (Å²) >= 11 is 2.25. The highest BCUT2D eigenvalue weighted by atomic mass is 127. The maximum Gasteiger partial charge on any atom is 0.226 e. The van der Waals surface area contributed by atoms with Crippen LogP contribution >= 0.6 is 22.6 Å². The van der Waals surface area contributed by atoms with Crippen LogP contribution in [0.25, 0.3) is 0 Å². The third kappa shape index (κ3) is 2.94. The van der Waals surface area contributed by atoms with Gasteiger partial charge in [0.05, 0.1) is 0 Å². The van der Waals surface area contributed by atoms with E-state index < -0.39 is 0 Å². The number of aromatic nitrogens is 2. The molecule has 2 rings (SSSR count). The molecule has 5 heteroatoms. The Hall–Kier alpha value is -1.11. The van der Waals surface area contributed by atoms with E-state index in [4.69, 9.17) is 9.26 Å². The van der Waals surface area contributed by atoms with Crippen molar-refractivity contribution in [3.63, 3.8) is 0 Å². The molecule has 0 unspecified atom stereocenters. The standard InChI is InChI=1S/C11H11IN2O2/c1-2-11-13-10(14-16-11)7-15-9-5-3-8(12)4-6-9/h3-6H,2,7H2,1H3. The summed E-state index contributed by atoms with van der Waals surface area (Å²) in [6.07, 6.45) is 0.747. The van der Waals surface area contributed by atoms with Crippen molar-refractivity contribution in [1.29, 1.82) is 0 Å². The Morgan fingerprint density at radius 1 is 1.31 bits per heavy atom. The molecule has 0 fully saturated rings. The van der Waals surface area contributed by atoms with Crippen molar-refractivity contribution in [3.8, 4) is 5.75 Å². The van der Waals surface area contributed by atoms with Crippen molar-refractivity contribution in [2.24, 2.45) is 0 Å². The monoisotopic (exact) mass is 330 g/mol. The zero-order chi connectivity index (χ0) is 11.4. The molecule has 16 heavy (non-hydrogen) atoms. The summed E-state index contributed by atoms with van der Waals surface area (Å²) in [5, 5.41) is 3.81. The Balaban J connectivity index is 1.94. The van der Waals surface area contributed by atoms with Crippen LogP contribution in [0.4, 0.5) is 0 Å². The quantitative estimate of drug-likeness (QED) is 0.809. The van der Waals surface area contributed by atoms with E-state index in [0.29, 0.717) is 18.3 Å². The Morgan fingerprint density at radius 2 is 2.06 bits per heavy atom. The number of aryl methyl sites for hydroxylation is 1. The fourth-order valence-electron chi connectivity index (χ4n) is 1.17. The van der Waals surface area contributed by atoms with Gasteiger partial charge >= 0.3 is 0 Å². The molecule has 0 aliphatic heterocycles. The molecule has 4 nitrogen and oxygen atoms in total. The van der Waals surface area contributed by atoms with Crippen molar-refractivity contribution in [2.45, 2.75) is 20.0 Å². The Kier molecular flexibility index (Phi) is 3.76. The van der Waals surface area contributed by atoms with E-state index in [2.05, 4.69) is 32.7 Å². The molecule has 0 atom stereocenters. The summed E-state index contributed by atoms with van der Waals surface area (Å²) in [4.78, 5) is 4.16. The van der Waals surface area contributed by atoms with Crippen LogP contribution in [0, 0.1) is 3.57 Å². The first-order valence-corrected chi connectivity index (χ1v) is 6.05. The molecule has 1 aromatic heterocycles. The minimum atomic E-state index is 0.337. The SMILES string of the molecule is CCc1nc(COc2ccc(I)cc2)no1. The minimum Gasteiger partial charge on any atom is -0.485 e. The number of benzene rings is 1. The van der Waals surface area contributed by atoms with Gasteiger partial charge in [-0.25, -0.2) is 0 Å². The minimum absolute atomic E-state index is 0.337. The zero-order valence-corrected chi connectivity index (χ0v) is 11.0. The maximum absolute atomic E-state index is 5.52. The van der Waals surface area contributed by atoms with E-state index in [1.54, 1.807) is 0 Å². The van der Waals surface area contributed by atoms with Crippen molar-refractivity contribution in [2.75, 3.05) is 0 Å². The van der Waals surface area contributed by atoms with E-state index >= 15 is 0 Å². The van der Waals surface area contributed by atoms with E-state index in [1.165, 1.54) is 3.57 Å². The summed E-state index contributed by atoms with van der Waals surface area (Å²) in [6, 6.07) is 7.82. The highest BCUT2D eigenvalue weighted by Crippen LogP contribution is 2.14. The van der Waals surface area contributed by atoms with Crippen LogP contribution in [-0.2, 0) is 13.0 Å². The smallest absolute Gasteiger partial charge is 0.226 e. The molecule has 1 heterocycles. The fraction of sp³-hybridized carbons (Fsp3) is 0.273. The van der Waals surface area contributed by atoms with Crippen LogP contribution in [0.15, 0.2) is 28.8 Å². The van der Waals surface area contributed by atoms with Gasteiger partial charge in [0.25, 0.3) is 0 Å². The first-order chi connectivity index (χ1) is 7.78. The number of hydrogen-bond acceptors (Lipinski definition) is 4. The van der Waals surface area contributed by atoms with Gasteiger partial charge in [-0.3, -0.25) is 0 Å². The largest absolute Gasteiger partial charge is 0.485 e. The number of halogens is 1. The lowest BCUT2D eigenvalue weighted by Crippen LogP contribution is -1.97. The van der Waals surface area contributed by atoms with Crippen molar-refractivity contribution < 1.29 is 9.26 Å². The van der Waals surface area contributed by atoms with E-state index in [0.717, 1.165) is 12.2 Å². The van der Waals surface area contributed by atoms with E-state index in [-0.39, 0.29) is 0 Å². The lowest BCUT2D eigenvalue weighted by Gasteiger charge is -2.02. The normalized spacial score (nSPS) is 10.4. The third-order valence-corrected chi connectivity index (χ3v) is 2.71. The van der Waals surface area contributed by atoms with Gasteiger partial charge in [-0.05, 0) is 46.9 Å². The van der Waals surface area contributed by atoms with Gasteiger partial charge in [0.15, 0.2) is 6.61 Å². The second-order valence-corrected chi connectivity index (χ2v) is 4.45. The molecule has 0 aliphatic carbocycles. The van der Waals surface area contributed by atoms with Gasteiger partial charge in [0.2, 0.25) is 11.7 Å². The second-order valence-electron chi connectivity index (χ2n) is 3.20. The van der Waals surface area contributed by atoms with Crippen molar-refractivity contribution in [3.05, 3.63) is 39.6 Å². The molecule has 0 saturated heterocycles. The summed E-state index contributed by atoms with van der Waals surface area (Å²) in [6.45, 7) is 2.31. The molecule has 1 aromatic carbocycles. The highest BCUT2D eigenvalue weighted by Gasteiger charge is 2.04. The topological polar surface area (TPSA) is 48.2 Å². The van der Waals surface area contributed by atoms with Crippen LogP contribution in [0.5, 0.6) is 5.75 Å². The highest BCUT2D eigenvalue weighted by molar-refractivity contribution is 14.1. The lowest BCUT2D eigenvalue weighted by molar-refractivity contribution is 0.285. The molecule has 0 amide bonds. The van der Waals surface area contributed by atoms with Crippen molar-refractivity contribution >= 4 is 22.6 Å². The van der Waals surface area contributed by atoms with Crippen LogP contribution in [0.3, 0.4) is 0 Å². The second kappa shape index (κ2) is 5.29. The molecular formula is C11H11IN2O2. The van der Waals surface area contributed by atoms with Gasteiger partial charge in [0.1, 0.15) is 5.75 Å². The Morgan fingerprint density at radius 3 is 2.69 bits per heavy atom. The lowest BCUT2D eigenvalue weighted by atomic mass is 10.3. The predicted molar refractivity (Wildman–Crippen MR) is 67.2 cm³/mol. The fourth-order valence-corrected chi connectivity index (χ4v) is 1.53. The van der Waals surface area contributed by atoms with E-state index in [1.807, 2.05) is 31.2 Å². The molecule has 0 aliphatic rings. The first kappa shape index (κ1) is 11.4. The molecule has 84 valence electrons. The van der Waals surface area contributed by atoms with Gasteiger partial charge in [-0.15, -0.1) is 0 Å². The van der Waals surface area contributed by atoms with E-state index in [9.17, 15) is 0 Å². The number of nitrogens with zero attached hydrogens (tertiary/aromatic N) is 2. The Bertz CT molecular complexity index is 453. The summed E-state index contributed by atoms with van der Waals surface area (Å²) in [5.74, 6) is 2.03. The molecule has 2 aromatic rings. The van der Waals surface area contributed by atoms with Crippen LogP contribution in [0.2, 0.25) is 0 Å². The number of hydrogen-bond donors (Lipinski definition) is 0. The van der Waals surface area contributed by atoms with Crippen LogP contribution in [0.1, 0.15) is 18.6 Å². The number of ether oxygens (including phenoxy) is 1. The zero-order valence-electron chi connectivity index (χ0n) is 8.81. The third-order valence-electron chi connectivity index (χ3n) is 1.99. The summed E-state index contributed by atoms with van der Waals surface area (Å²) in [7, 11) is 0. The number of rotatable bonds is 4. The van der Waals surface area contributed by atoms with Gasteiger partial charge in [0, 0.05) is 9.99 Å². The van der Waals surface area contributed by atoms with Crippen LogP contribution < -0.4 is 4.74 Å². The first-order valence-electron chi connectivity index (χ1n) is 4.97. The molecule has 0 N–H and O–H groups in total. The van der Waals surface area contributed by atoms with Gasteiger partial charge < -0.3 is 9.26 Å². The molecule has 0 spiro atoms. The molecule has 0 radical (unpaired) electrons. The average Bonchev–Trinajstić information content (AvgIpc) is 2.76. The molecule has 0 saturated carbocycles. The van der Waals surface area contributed by atoms with Gasteiger partial charge in [-0.1, -0.05) is 12.1 Å². The predicted octanol–water partition coefficient (Wildman–Crippen LogP) is 2.82. The average molecular weight is 330 g/mol. The summed E-state index contributed by atoms with van der Waals surface area (Å²) < 4.78 is 11.7. The molecular weight excluding hydrogens is 319 g/mol. The molecule has 0 bridgehead atoms. The maximum atomic E-state index is 5.52.